The smallest absolute Gasteiger partial charge is 0.410 e. The summed E-state index contributed by atoms with van der Waals surface area (Å²) in [5.74, 6) is 0. The minimum atomic E-state index is -0.493. The van der Waals surface area contributed by atoms with E-state index >= 15 is 0 Å². The summed E-state index contributed by atoms with van der Waals surface area (Å²) in [6, 6.07) is 10.2. The lowest BCUT2D eigenvalue weighted by molar-refractivity contribution is 0.0285. The Morgan fingerprint density at radius 3 is 2.60 bits per heavy atom. The Hall–Kier alpha value is -1.53. The summed E-state index contributed by atoms with van der Waals surface area (Å²) in [4.78, 5) is 16.3. The molecule has 2 rings (SSSR count). The van der Waals surface area contributed by atoms with Gasteiger partial charge in [0.25, 0.3) is 0 Å². The topological polar surface area (TPSA) is 41.6 Å². The predicted octanol–water partition coefficient (Wildman–Crippen LogP) is 5.80. The van der Waals surface area contributed by atoms with E-state index in [2.05, 4.69) is 34.2 Å². The molecule has 1 amide bonds. The summed E-state index contributed by atoms with van der Waals surface area (Å²) in [5.41, 5.74) is 1.59. The van der Waals surface area contributed by atoms with Gasteiger partial charge in [0.2, 0.25) is 0 Å². The lowest BCUT2D eigenvalue weighted by Crippen LogP contribution is -2.33. The number of thiophene rings is 1. The van der Waals surface area contributed by atoms with Crippen molar-refractivity contribution in [1.29, 1.82) is 0 Å². The summed E-state index contributed by atoms with van der Waals surface area (Å²) in [5, 5.41) is 3.47. The Kier molecular flexibility index (Phi) is 6.52. The number of ether oxygens (including phenoxy) is 1. The standard InChI is InChI=1S/C19H25BrN2O2S/c1-13-16(20)10-15(25-13)11-21-17-9-7-6-8-14(17)12-22(5)18(23)24-19(2,3)4/h6-10,21H,11-12H2,1-5H3. The SMILES string of the molecule is Cc1sc(CNc2ccccc2CN(C)C(=O)OC(C)(C)C)cc1Br. The average molecular weight is 425 g/mol. The largest absolute Gasteiger partial charge is 0.444 e. The van der Waals surface area contributed by atoms with Gasteiger partial charge < -0.3 is 15.0 Å². The summed E-state index contributed by atoms with van der Waals surface area (Å²) >= 11 is 5.32. The van der Waals surface area contributed by atoms with Gasteiger partial charge in [-0.15, -0.1) is 11.3 Å². The average Bonchev–Trinajstić information content (AvgIpc) is 2.83. The molecule has 0 saturated heterocycles. The first-order valence-electron chi connectivity index (χ1n) is 8.16. The maximum absolute atomic E-state index is 12.2. The van der Waals surface area contributed by atoms with Gasteiger partial charge in [-0.3, -0.25) is 0 Å². The monoisotopic (exact) mass is 424 g/mol. The van der Waals surface area contributed by atoms with Gasteiger partial charge in [-0.25, -0.2) is 4.79 Å². The van der Waals surface area contributed by atoms with Gasteiger partial charge in [-0.1, -0.05) is 18.2 Å². The van der Waals surface area contributed by atoms with Crippen LogP contribution < -0.4 is 5.32 Å². The van der Waals surface area contributed by atoms with Crippen LogP contribution >= 0.6 is 27.3 Å². The summed E-state index contributed by atoms with van der Waals surface area (Å²) in [6.07, 6.45) is -0.319. The van der Waals surface area contributed by atoms with Crippen LogP contribution in [-0.2, 0) is 17.8 Å². The fourth-order valence-corrected chi connectivity index (χ4v) is 3.82. The second-order valence-corrected chi connectivity index (χ2v) is 9.16. The zero-order valence-electron chi connectivity index (χ0n) is 15.4. The van der Waals surface area contributed by atoms with E-state index in [4.69, 9.17) is 4.74 Å². The number of para-hydroxylation sites is 1. The van der Waals surface area contributed by atoms with E-state index in [0.29, 0.717) is 6.54 Å². The van der Waals surface area contributed by atoms with Crippen LogP contribution in [0.25, 0.3) is 0 Å². The van der Waals surface area contributed by atoms with E-state index in [1.54, 1.807) is 23.3 Å². The Labute approximate surface area is 162 Å². The Morgan fingerprint density at radius 2 is 2.00 bits per heavy atom. The van der Waals surface area contributed by atoms with Crippen molar-refractivity contribution in [2.75, 3.05) is 12.4 Å². The highest BCUT2D eigenvalue weighted by molar-refractivity contribution is 9.10. The zero-order valence-corrected chi connectivity index (χ0v) is 17.8. The molecule has 6 heteroatoms. The second-order valence-electron chi connectivity index (χ2n) is 6.96. The lowest BCUT2D eigenvalue weighted by Gasteiger charge is -2.25. The molecule has 1 N–H and O–H groups in total. The van der Waals surface area contributed by atoms with E-state index in [1.807, 2.05) is 45.0 Å². The number of rotatable bonds is 5. The van der Waals surface area contributed by atoms with E-state index < -0.39 is 5.60 Å². The molecule has 1 aromatic heterocycles. The van der Waals surface area contributed by atoms with Crippen molar-refractivity contribution in [2.24, 2.45) is 0 Å². The van der Waals surface area contributed by atoms with Crippen LogP contribution in [0, 0.1) is 6.92 Å². The fraction of sp³-hybridized carbons (Fsp3) is 0.421. The minimum Gasteiger partial charge on any atom is -0.444 e. The van der Waals surface area contributed by atoms with Gasteiger partial charge in [0, 0.05) is 33.5 Å². The van der Waals surface area contributed by atoms with Crippen LogP contribution in [0.2, 0.25) is 0 Å². The number of nitrogens with one attached hydrogen (secondary N) is 1. The van der Waals surface area contributed by atoms with Crippen molar-refractivity contribution in [1.82, 2.24) is 4.90 Å². The molecular weight excluding hydrogens is 400 g/mol. The van der Waals surface area contributed by atoms with E-state index in [-0.39, 0.29) is 6.09 Å². The van der Waals surface area contributed by atoms with Crippen molar-refractivity contribution >= 4 is 39.0 Å². The minimum absolute atomic E-state index is 0.319. The summed E-state index contributed by atoms with van der Waals surface area (Å²) < 4.78 is 6.57. The highest BCUT2D eigenvalue weighted by Gasteiger charge is 2.20. The molecule has 1 aromatic carbocycles. The molecular formula is C19H25BrN2O2S. The molecule has 0 aliphatic rings. The van der Waals surface area contributed by atoms with E-state index in [1.165, 1.54) is 9.75 Å². The van der Waals surface area contributed by atoms with Crippen LogP contribution in [0.15, 0.2) is 34.8 Å². The van der Waals surface area contributed by atoms with Crippen molar-refractivity contribution < 1.29 is 9.53 Å². The van der Waals surface area contributed by atoms with E-state index in [9.17, 15) is 4.79 Å². The number of aryl methyl sites for hydroxylation is 1. The lowest BCUT2D eigenvalue weighted by atomic mass is 10.1. The third-order valence-corrected chi connectivity index (χ3v) is 5.63. The molecule has 0 fully saturated rings. The Balaban J connectivity index is 2.03. The quantitative estimate of drug-likeness (QED) is 0.659. The number of hydrogen-bond acceptors (Lipinski definition) is 4. The Bertz CT molecular complexity index is 718. The van der Waals surface area contributed by atoms with Gasteiger partial charge in [0.1, 0.15) is 5.60 Å². The van der Waals surface area contributed by atoms with Crippen molar-refractivity contribution in [3.63, 3.8) is 0 Å². The van der Waals surface area contributed by atoms with Gasteiger partial charge in [0.05, 0.1) is 6.54 Å². The number of carbonyl (C=O) groups excluding carboxylic acids is 1. The van der Waals surface area contributed by atoms with Gasteiger partial charge in [-0.05, 0) is 61.3 Å². The number of benzene rings is 1. The van der Waals surface area contributed by atoms with Gasteiger partial charge >= 0.3 is 6.09 Å². The number of carbonyl (C=O) groups is 1. The van der Waals surface area contributed by atoms with Crippen molar-refractivity contribution in [3.8, 4) is 0 Å². The molecule has 1 heterocycles. The second kappa shape index (κ2) is 8.23. The molecule has 4 nitrogen and oxygen atoms in total. The normalized spacial score (nSPS) is 11.3. The van der Waals surface area contributed by atoms with Crippen LogP contribution in [0.1, 0.15) is 36.1 Å². The molecule has 0 atom stereocenters. The fourth-order valence-electron chi connectivity index (χ4n) is 2.28. The molecule has 0 aliphatic carbocycles. The number of hydrogen-bond donors (Lipinski definition) is 1. The molecule has 0 bridgehead atoms. The molecule has 0 unspecified atom stereocenters. The first kappa shape index (κ1) is 19.8. The van der Waals surface area contributed by atoms with Gasteiger partial charge in [0.15, 0.2) is 0 Å². The molecule has 0 radical (unpaired) electrons. The molecule has 136 valence electrons. The first-order valence-corrected chi connectivity index (χ1v) is 9.77. The number of nitrogens with zero attached hydrogens (tertiary/aromatic N) is 1. The summed E-state index contributed by atoms with van der Waals surface area (Å²) in [6.45, 7) is 8.96. The van der Waals surface area contributed by atoms with Crippen molar-refractivity contribution in [3.05, 3.63) is 50.1 Å². The maximum atomic E-state index is 12.2. The number of anilines is 1. The molecule has 0 spiro atoms. The van der Waals surface area contributed by atoms with Crippen LogP contribution in [0.4, 0.5) is 10.5 Å². The molecule has 25 heavy (non-hydrogen) atoms. The molecule has 0 aliphatic heterocycles. The van der Waals surface area contributed by atoms with Crippen LogP contribution in [0.5, 0.6) is 0 Å². The number of amides is 1. The van der Waals surface area contributed by atoms with Gasteiger partial charge in [-0.2, -0.15) is 0 Å². The maximum Gasteiger partial charge on any atom is 0.410 e. The number of halogens is 1. The Morgan fingerprint density at radius 1 is 1.32 bits per heavy atom. The third-order valence-electron chi connectivity index (χ3n) is 3.49. The van der Waals surface area contributed by atoms with Crippen LogP contribution in [-0.4, -0.2) is 23.6 Å². The highest BCUT2D eigenvalue weighted by atomic mass is 79.9. The predicted molar refractivity (Wildman–Crippen MR) is 108 cm³/mol. The van der Waals surface area contributed by atoms with E-state index in [0.717, 1.165) is 22.3 Å². The highest BCUT2D eigenvalue weighted by Crippen LogP contribution is 2.27. The van der Waals surface area contributed by atoms with Crippen LogP contribution in [0.3, 0.4) is 0 Å². The zero-order chi connectivity index (χ0) is 18.6. The summed E-state index contributed by atoms with van der Waals surface area (Å²) in [7, 11) is 1.75. The third kappa shape index (κ3) is 6.04. The van der Waals surface area contributed by atoms with Crippen molar-refractivity contribution in [2.45, 2.75) is 46.4 Å². The first-order chi connectivity index (χ1) is 11.7. The molecule has 0 saturated carbocycles. The molecule has 2 aromatic rings.